The van der Waals surface area contributed by atoms with Gasteiger partial charge in [0, 0.05) is 34.0 Å². The van der Waals surface area contributed by atoms with Crippen molar-refractivity contribution in [2.75, 3.05) is 19.6 Å². The number of primary amides is 1. The van der Waals surface area contributed by atoms with E-state index in [0.717, 1.165) is 30.7 Å². The molecular formula is C27H36N6OS. The number of aromatic nitrogens is 4. The highest BCUT2D eigenvalue weighted by atomic mass is 32.1. The molecule has 2 unspecified atom stereocenters. The van der Waals surface area contributed by atoms with Crippen LogP contribution in [0.5, 0.6) is 0 Å². The van der Waals surface area contributed by atoms with Crippen LogP contribution >= 0.6 is 11.3 Å². The normalized spacial score (nSPS) is 21.5. The van der Waals surface area contributed by atoms with Crippen molar-refractivity contribution in [2.24, 2.45) is 11.7 Å². The van der Waals surface area contributed by atoms with E-state index in [0.29, 0.717) is 18.4 Å². The zero-order valence-electron chi connectivity index (χ0n) is 21.8. The van der Waals surface area contributed by atoms with Gasteiger partial charge in [-0.05, 0) is 67.8 Å². The number of amides is 1. The van der Waals surface area contributed by atoms with Crippen molar-refractivity contribution in [2.45, 2.75) is 66.2 Å². The standard InChI is InChI=1S/C27H36N6OS/c1-14(2)21-22-18(6)24(27(7)8-9-32(10-15(27)3)12-20(28)34)35-26(22)31-23(21)19-11-33-25(29-13-30-33)17(5)16(19)4/h11,13-15,31H,8-10,12H2,1-7H3,(H2,28,34). The van der Waals surface area contributed by atoms with E-state index < -0.39 is 0 Å². The summed E-state index contributed by atoms with van der Waals surface area (Å²) in [6, 6.07) is 0. The zero-order chi connectivity index (χ0) is 25.2. The van der Waals surface area contributed by atoms with Gasteiger partial charge in [-0.25, -0.2) is 9.50 Å². The highest BCUT2D eigenvalue weighted by molar-refractivity contribution is 7.19. The highest BCUT2D eigenvalue weighted by Crippen LogP contribution is 2.50. The van der Waals surface area contributed by atoms with Gasteiger partial charge in [-0.15, -0.1) is 11.3 Å². The van der Waals surface area contributed by atoms with E-state index in [-0.39, 0.29) is 11.3 Å². The van der Waals surface area contributed by atoms with Gasteiger partial charge < -0.3 is 10.7 Å². The summed E-state index contributed by atoms with van der Waals surface area (Å²) in [5.74, 6) is 0.553. The van der Waals surface area contributed by atoms with E-state index in [4.69, 9.17) is 5.73 Å². The topological polar surface area (TPSA) is 92.3 Å². The van der Waals surface area contributed by atoms with Crippen LogP contribution in [0.25, 0.3) is 27.1 Å². The Hall–Kier alpha value is -2.71. The van der Waals surface area contributed by atoms with Crippen molar-refractivity contribution in [1.82, 2.24) is 24.5 Å². The number of aromatic amines is 1. The van der Waals surface area contributed by atoms with Gasteiger partial charge in [-0.2, -0.15) is 5.10 Å². The van der Waals surface area contributed by atoms with E-state index >= 15 is 0 Å². The van der Waals surface area contributed by atoms with Crippen molar-refractivity contribution >= 4 is 33.1 Å². The van der Waals surface area contributed by atoms with E-state index in [9.17, 15) is 4.79 Å². The summed E-state index contributed by atoms with van der Waals surface area (Å²) in [4.78, 5) is 24.7. The number of carbonyl (C=O) groups excluding carboxylic acids is 1. The monoisotopic (exact) mass is 492 g/mol. The first-order chi connectivity index (χ1) is 16.5. The van der Waals surface area contributed by atoms with Crippen molar-refractivity contribution < 1.29 is 4.79 Å². The molecule has 1 aliphatic heterocycles. The molecule has 0 aliphatic carbocycles. The number of fused-ring (bicyclic) bond motifs is 2. The lowest BCUT2D eigenvalue weighted by atomic mass is 9.70. The fraction of sp³-hybridized carbons (Fsp3) is 0.519. The molecule has 4 aromatic heterocycles. The Morgan fingerprint density at radius 3 is 2.69 bits per heavy atom. The van der Waals surface area contributed by atoms with E-state index in [1.807, 2.05) is 15.9 Å². The third-order valence-corrected chi connectivity index (χ3v) is 9.85. The number of aryl methyl sites for hydroxylation is 2. The number of rotatable bonds is 5. The Morgan fingerprint density at radius 2 is 2.03 bits per heavy atom. The molecule has 186 valence electrons. The van der Waals surface area contributed by atoms with Gasteiger partial charge >= 0.3 is 0 Å². The van der Waals surface area contributed by atoms with Crippen molar-refractivity contribution in [1.29, 1.82) is 0 Å². The lowest BCUT2D eigenvalue weighted by Crippen LogP contribution is -2.49. The smallest absolute Gasteiger partial charge is 0.231 e. The molecule has 3 N–H and O–H groups in total. The number of piperidine rings is 1. The van der Waals surface area contributed by atoms with Gasteiger partial charge in [0.25, 0.3) is 0 Å². The largest absolute Gasteiger partial charge is 0.369 e. The summed E-state index contributed by atoms with van der Waals surface area (Å²) in [5.41, 5.74) is 14.0. The zero-order valence-corrected chi connectivity index (χ0v) is 22.6. The maximum atomic E-state index is 11.5. The number of nitrogens with one attached hydrogen (secondary N) is 1. The molecule has 0 radical (unpaired) electrons. The number of pyridine rings is 1. The molecule has 8 heteroatoms. The minimum absolute atomic E-state index is 0.0727. The first kappa shape index (κ1) is 24.0. The molecule has 7 nitrogen and oxygen atoms in total. The Labute approximate surface area is 210 Å². The third-order valence-electron chi connectivity index (χ3n) is 8.36. The Balaban J connectivity index is 1.63. The van der Waals surface area contributed by atoms with Crippen molar-refractivity contribution in [3.8, 4) is 11.3 Å². The van der Waals surface area contributed by atoms with Crippen LogP contribution in [0.4, 0.5) is 0 Å². The van der Waals surface area contributed by atoms with Crippen LogP contribution in [0.1, 0.15) is 67.2 Å². The number of hydrogen-bond donors (Lipinski definition) is 2. The molecule has 5 heterocycles. The number of H-pyrrole nitrogens is 1. The second kappa shape index (κ2) is 8.45. The molecule has 1 aliphatic rings. The van der Waals surface area contributed by atoms with E-state index in [1.54, 1.807) is 6.33 Å². The molecule has 0 spiro atoms. The van der Waals surface area contributed by atoms with Gasteiger partial charge in [0.15, 0.2) is 5.65 Å². The van der Waals surface area contributed by atoms with Crippen LogP contribution in [0.15, 0.2) is 12.5 Å². The maximum absolute atomic E-state index is 11.5. The maximum Gasteiger partial charge on any atom is 0.231 e. The number of nitrogens with zero attached hydrogens (tertiary/aromatic N) is 4. The van der Waals surface area contributed by atoms with Gasteiger partial charge in [-0.1, -0.05) is 27.7 Å². The average molecular weight is 493 g/mol. The molecule has 1 amide bonds. The Morgan fingerprint density at radius 1 is 1.29 bits per heavy atom. The molecular weight excluding hydrogens is 456 g/mol. The second-order valence-corrected chi connectivity index (χ2v) is 11.9. The SMILES string of the molecule is Cc1c(-c2[nH]c3sc(C4(C)CCN(CC(N)=O)CC4C)c(C)c3c2C(C)C)cn2ncnc2c1C. The number of hydrogen-bond acceptors (Lipinski definition) is 5. The van der Waals surface area contributed by atoms with Crippen LogP contribution in [-0.4, -0.2) is 50.0 Å². The first-order valence-corrected chi connectivity index (χ1v) is 13.3. The van der Waals surface area contributed by atoms with Gasteiger partial charge in [0.1, 0.15) is 11.2 Å². The molecule has 4 aromatic rings. The van der Waals surface area contributed by atoms with Crippen LogP contribution in [-0.2, 0) is 10.2 Å². The lowest BCUT2D eigenvalue weighted by molar-refractivity contribution is -0.119. The van der Waals surface area contributed by atoms with Crippen LogP contribution in [0, 0.1) is 26.7 Å². The minimum atomic E-state index is -0.245. The summed E-state index contributed by atoms with van der Waals surface area (Å²) in [5, 5.41) is 5.79. The minimum Gasteiger partial charge on any atom is -0.369 e. The highest BCUT2D eigenvalue weighted by Gasteiger charge is 2.41. The molecule has 0 aromatic carbocycles. The second-order valence-electron chi connectivity index (χ2n) is 10.9. The van der Waals surface area contributed by atoms with Gasteiger partial charge in [0.05, 0.1) is 12.2 Å². The molecule has 0 bridgehead atoms. The van der Waals surface area contributed by atoms with Gasteiger partial charge in [0.2, 0.25) is 5.91 Å². The summed E-state index contributed by atoms with van der Waals surface area (Å²) < 4.78 is 1.89. The van der Waals surface area contributed by atoms with Gasteiger partial charge in [-0.3, -0.25) is 9.69 Å². The van der Waals surface area contributed by atoms with Crippen molar-refractivity contribution in [3.63, 3.8) is 0 Å². The van der Waals surface area contributed by atoms with Crippen LogP contribution in [0.3, 0.4) is 0 Å². The number of thiophene rings is 1. The molecule has 1 saturated heterocycles. The summed E-state index contributed by atoms with van der Waals surface area (Å²) >= 11 is 1.91. The van der Waals surface area contributed by atoms with E-state index in [1.165, 1.54) is 43.0 Å². The lowest BCUT2D eigenvalue weighted by Gasteiger charge is -2.44. The van der Waals surface area contributed by atoms with E-state index in [2.05, 4.69) is 74.6 Å². The third kappa shape index (κ3) is 3.69. The van der Waals surface area contributed by atoms with Crippen molar-refractivity contribution in [3.05, 3.63) is 39.7 Å². The fourth-order valence-corrected chi connectivity index (χ4v) is 7.55. The first-order valence-electron chi connectivity index (χ1n) is 12.5. The molecule has 0 saturated carbocycles. The Kier molecular flexibility index (Phi) is 5.79. The molecule has 5 rings (SSSR count). The predicted molar refractivity (Wildman–Crippen MR) is 143 cm³/mol. The predicted octanol–water partition coefficient (Wildman–Crippen LogP) is 5.07. The quantitative estimate of drug-likeness (QED) is 0.407. The number of nitrogens with two attached hydrogens (primary N) is 1. The number of carbonyl (C=O) groups is 1. The van der Waals surface area contributed by atoms with Crippen LogP contribution in [0.2, 0.25) is 0 Å². The number of likely N-dealkylation sites (tertiary alicyclic amines) is 1. The molecule has 2 atom stereocenters. The fourth-order valence-electron chi connectivity index (χ4n) is 6.04. The summed E-state index contributed by atoms with van der Waals surface area (Å²) in [7, 11) is 0. The van der Waals surface area contributed by atoms with Crippen LogP contribution < -0.4 is 5.73 Å². The average Bonchev–Trinajstić information content (AvgIpc) is 3.48. The Bertz CT molecular complexity index is 1440. The molecule has 35 heavy (non-hydrogen) atoms. The summed E-state index contributed by atoms with van der Waals surface area (Å²) in [6.45, 7) is 18.0. The summed E-state index contributed by atoms with van der Waals surface area (Å²) in [6.07, 6.45) is 4.76. The molecule has 1 fully saturated rings.